The molecule has 0 saturated heterocycles. The first-order valence-corrected chi connectivity index (χ1v) is 4.96. The van der Waals surface area contributed by atoms with Crippen molar-refractivity contribution in [2.75, 3.05) is 0 Å². The van der Waals surface area contributed by atoms with Crippen molar-refractivity contribution in [3.8, 4) is 0 Å². The minimum absolute atomic E-state index is 0.954. The van der Waals surface area contributed by atoms with Gasteiger partial charge in [0.25, 0.3) is 0 Å². The van der Waals surface area contributed by atoms with Crippen molar-refractivity contribution in [2.24, 2.45) is 0 Å². The van der Waals surface area contributed by atoms with E-state index in [-0.39, 0.29) is 0 Å². The van der Waals surface area contributed by atoms with Crippen LogP contribution < -0.4 is 0 Å². The number of benzene rings is 1. The van der Waals surface area contributed by atoms with Crippen LogP contribution >= 0.6 is 0 Å². The largest absolute Gasteiger partial charge is 0.255 e. The van der Waals surface area contributed by atoms with Crippen LogP contribution in [0.1, 0.15) is 5.56 Å². The van der Waals surface area contributed by atoms with Crippen LogP contribution in [0.2, 0.25) is 0 Å². The second-order valence-corrected chi connectivity index (χ2v) is 3.68. The molecule has 2 nitrogen and oxygen atoms in total. The third-order valence-electron chi connectivity index (χ3n) is 2.61. The van der Waals surface area contributed by atoms with Gasteiger partial charge in [0.2, 0.25) is 0 Å². The minimum atomic E-state index is 0.954. The highest BCUT2D eigenvalue weighted by Gasteiger charge is 2.01. The Labute approximate surface area is 87.6 Å². The van der Waals surface area contributed by atoms with Crippen molar-refractivity contribution in [2.45, 2.75) is 6.92 Å². The lowest BCUT2D eigenvalue weighted by Crippen LogP contribution is -1.86. The number of aryl methyl sites for hydroxylation is 1. The summed E-state index contributed by atoms with van der Waals surface area (Å²) >= 11 is 0. The molecule has 0 radical (unpaired) electrons. The van der Waals surface area contributed by atoms with Gasteiger partial charge in [-0.25, -0.2) is 4.98 Å². The normalized spacial score (nSPS) is 11.0. The van der Waals surface area contributed by atoms with E-state index in [4.69, 9.17) is 0 Å². The average Bonchev–Trinajstić information content (AvgIpc) is 2.27. The maximum Gasteiger partial charge on any atom is 0.0894 e. The Morgan fingerprint density at radius 2 is 1.93 bits per heavy atom. The van der Waals surface area contributed by atoms with Gasteiger partial charge in [-0.3, -0.25) is 4.98 Å². The van der Waals surface area contributed by atoms with Crippen LogP contribution in [0.3, 0.4) is 0 Å². The van der Waals surface area contributed by atoms with E-state index >= 15 is 0 Å². The molecule has 0 aliphatic rings. The van der Waals surface area contributed by atoms with Crippen molar-refractivity contribution < 1.29 is 0 Å². The molecule has 72 valence electrons. The fourth-order valence-electron chi connectivity index (χ4n) is 1.83. The summed E-state index contributed by atoms with van der Waals surface area (Å²) in [6, 6.07) is 12.2. The molecule has 2 heteroatoms. The summed E-state index contributed by atoms with van der Waals surface area (Å²) in [6.45, 7) is 2.08. The highest BCUT2D eigenvalue weighted by atomic mass is 14.7. The first kappa shape index (κ1) is 8.36. The van der Waals surface area contributed by atoms with Crippen molar-refractivity contribution in [3.05, 3.63) is 48.2 Å². The standard InChI is InChI=1S/C13H10N2/c1-9-4-2-5-10-8-12-11(15-13(9)10)6-3-7-14-12/h2-8H,1H3. The quantitative estimate of drug-likeness (QED) is 0.514. The molecular formula is C13H10N2. The molecule has 15 heavy (non-hydrogen) atoms. The number of hydrogen-bond acceptors (Lipinski definition) is 2. The molecule has 0 atom stereocenters. The van der Waals surface area contributed by atoms with E-state index in [1.165, 1.54) is 5.56 Å². The third-order valence-corrected chi connectivity index (χ3v) is 2.61. The number of fused-ring (bicyclic) bond motifs is 2. The van der Waals surface area contributed by atoms with Crippen molar-refractivity contribution in [1.29, 1.82) is 0 Å². The van der Waals surface area contributed by atoms with Gasteiger partial charge < -0.3 is 0 Å². The molecule has 0 unspecified atom stereocenters. The topological polar surface area (TPSA) is 25.8 Å². The summed E-state index contributed by atoms with van der Waals surface area (Å²) in [7, 11) is 0. The lowest BCUT2D eigenvalue weighted by molar-refractivity contribution is 1.36. The van der Waals surface area contributed by atoms with E-state index < -0.39 is 0 Å². The second-order valence-electron chi connectivity index (χ2n) is 3.68. The van der Waals surface area contributed by atoms with Gasteiger partial charge in [-0.1, -0.05) is 18.2 Å². The number of aromatic nitrogens is 2. The van der Waals surface area contributed by atoms with Gasteiger partial charge in [-0.15, -0.1) is 0 Å². The fourth-order valence-corrected chi connectivity index (χ4v) is 1.83. The van der Waals surface area contributed by atoms with Gasteiger partial charge in [0, 0.05) is 11.6 Å². The molecule has 0 aliphatic heterocycles. The summed E-state index contributed by atoms with van der Waals surface area (Å²) in [6.07, 6.45) is 1.80. The molecule has 3 rings (SSSR count). The van der Waals surface area contributed by atoms with Gasteiger partial charge in [0.05, 0.1) is 16.6 Å². The van der Waals surface area contributed by atoms with Gasteiger partial charge in [-0.05, 0) is 30.7 Å². The second kappa shape index (κ2) is 3.02. The Morgan fingerprint density at radius 1 is 1.00 bits per heavy atom. The van der Waals surface area contributed by atoms with Gasteiger partial charge in [0.15, 0.2) is 0 Å². The zero-order valence-corrected chi connectivity index (χ0v) is 8.44. The monoisotopic (exact) mass is 194 g/mol. The Bertz CT molecular complexity index is 644. The fraction of sp³-hybridized carbons (Fsp3) is 0.0769. The molecule has 0 aliphatic carbocycles. The zero-order valence-electron chi connectivity index (χ0n) is 8.44. The van der Waals surface area contributed by atoms with Gasteiger partial charge in [-0.2, -0.15) is 0 Å². The molecule has 0 amide bonds. The summed E-state index contributed by atoms with van der Waals surface area (Å²) in [4.78, 5) is 8.91. The smallest absolute Gasteiger partial charge is 0.0894 e. The van der Waals surface area contributed by atoms with E-state index in [9.17, 15) is 0 Å². The van der Waals surface area contributed by atoms with Crippen LogP contribution in [0.5, 0.6) is 0 Å². The van der Waals surface area contributed by atoms with Crippen LogP contribution in [0, 0.1) is 6.92 Å². The Hall–Kier alpha value is -1.96. The summed E-state index contributed by atoms with van der Waals surface area (Å²) < 4.78 is 0. The van der Waals surface area contributed by atoms with Crippen LogP contribution in [0.15, 0.2) is 42.6 Å². The number of hydrogen-bond donors (Lipinski definition) is 0. The predicted molar refractivity (Wildman–Crippen MR) is 61.8 cm³/mol. The molecule has 3 aromatic rings. The Balaban J connectivity index is 2.53. The molecule has 1 aromatic carbocycles. The van der Waals surface area contributed by atoms with E-state index in [1.807, 2.05) is 18.2 Å². The lowest BCUT2D eigenvalue weighted by Gasteiger charge is -2.02. The number of nitrogens with zero attached hydrogens (tertiary/aromatic N) is 2. The maximum atomic E-state index is 4.61. The minimum Gasteiger partial charge on any atom is -0.255 e. The van der Waals surface area contributed by atoms with Gasteiger partial charge >= 0.3 is 0 Å². The Morgan fingerprint density at radius 3 is 2.87 bits per heavy atom. The Kier molecular flexibility index (Phi) is 1.68. The summed E-state index contributed by atoms with van der Waals surface area (Å²) in [5.41, 5.74) is 4.19. The first-order valence-electron chi connectivity index (χ1n) is 4.96. The molecular weight excluding hydrogens is 184 g/mol. The van der Waals surface area contributed by atoms with Crippen molar-refractivity contribution in [3.63, 3.8) is 0 Å². The highest BCUT2D eigenvalue weighted by molar-refractivity contribution is 5.92. The van der Waals surface area contributed by atoms with Crippen molar-refractivity contribution in [1.82, 2.24) is 9.97 Å². The summed E-state index contributed by atoms with van der Waals surface area (Å²) in [5.74, 6) is 0. The van der Waals surface area contributed by atoms with E-state index in [0.29, 0.717) is 0 Å². The van der Waals surface area contributed by atoms with E-state index in [1.54, 1.807) is 6.20 Å². The number of rotatable bonds is 0. The van der Waals surface area contributed by atoms with Crippen LogP contribution in [-0.4, -0.2) is 9.97 Å². The lowest BCUT2D eigenvalue weighted by atomic mass is 10.1. The van der Waals surface area contributed by atoms with Crippen LogP contribution in [0.25, 0.3) is 21.9 Å². The number of pyridine rings is 2. The SMILES string of the molecule is Cc1cccc2cc3ncccc3nc12. The zero-order chi connectivity index (χ0) is 10.3. The molecule has 0 spiro atoms. The third kappa shape index (κ3) is 1.26. The molecule has 2 aromatic heterocycles. The summed E-state index contributed by atoms with van der Waals surface area (Å²) in [5, 5.41) is 1.15. The van der Waals surface area contributed by atoms with Gasteiger partial charge in [0.1, 0.15) is 0 Å². The maximum absolute atomic E-state index is 4.61. The van der Waals surface area contributed by atoms with E-state index in [2.05, 4.69) is 35.1 Å². The average molecular weight is 194 g/mol. The molecule has 0 N–H and O–H groups in total. The molecule has 0 fully saturated rings. The van der Waals surface area contributed by atoms with Crippen molar-refractivity contribution >= 4 is 21.9 Å². The van der Waals surface area contributed by atoms with Crippen LogP contribution in [0.4, 0.5) is 0 Å². The van der Waals surface area contributed by atoms with E-state index in [0.717, 1.165) is 21.9 Å². The molecule has 2 heterocycles. The predicted octanol–water partition coefficient (Wildman–Crippen LogP) is 3.09. The highest BCUT2D eigenvalue weighted by Crippen LogP contribution is 2.20. The first-order chi connectivity index (χ1) is 7.34. The number of para-hydroxylation sites is 1. The molecule has 0 bridgehead atoms. The molecule has 0 saturated carbocycles. The van der Waals surface area contributed by atoms with Crippen LogP contribution in [-0.2, 0) is 0 Å².